The smallest absolute Gasteiger partial charge is 0.298 e. The molecule has 0 bridgehead atoms. The first-order valence-corrected chi connectivity index (χ1v) is 5.12. The Morgan fingerprint density at radius 2 is 2.21 bits per heavy atom. The van der Waals surface area contributed by atoms with Crippen molar-refractivity contribution >= 4 is 29.7 Å². The van der Waals surface area contributed by atoms with Crippen LogP contribution >= 0.6 is 12.6 Å². The lowest BCUT2D eigenvalue weighted by Crippen LogP contribution is -2.19. The van der Waals surface area contributed by atoms with Gasteiger partial charge in [-0.15, -0.1) is 0 Å². The summed E-state index contributed by atoms with van der Waals surface area (Å²) >= 11 is 4.16. The van der Waals surface area contributed by atoms with Crippen molar-refractivity contribution in [2.45, 2.75) is 0 Å². The van der Waals surface area contributed by atoms with Crippen molar-refractivity contribution in [1.29, 1.82) is 0 Å². The molecule has 14 heavy (non-hydrogen) atoms. The van der Waals surface area contributed by atoms with Crippen molar-refractivity contribution in [2.75, 3.05) is 24.2 Å². The predicted molar refractivity (Wildman–Crippen MR) is 61.1 cm³/mol. The molecular formula is C10H12N2OS. The molecule has 0 amide bonds. The summed E-state index contributed by atoms with van der Waals surface area (Å²) in [5.74, 6) is 0.787. The highest BCUT2D eigenvalue weighted by Gasteiger charge is 2.08. The minimum Gasteiger partial charge on any atom is -0.423 e. The van der Waals surface area contributed by atoms with Gasteiger partial charge in [-0.05, 0) is 12.1 Å². The molecule has 0 aliphatic rings. The van der Waals surface area contributed by atoms with Gasteiger partial charge in [0.2, 0.25) is 0 Å². The van der Waals surface area contributed by atoms with E-state index in [-0.39, 0.29) is 0 Å². The van der Waals surface area contributed by atoms with E-state index in [0.29, 0.717) is 6.01 Å². The molecule has 0 atom stereocenters. The van der Waals surface area contributed by atoms with Crippen LogP contribution in [-0.2, 0) is 0 Å². The molecule has 2 aromatic rings. The van der Waals surface area contributed by atoms with Gasteiger partial charge in [0, 0.05) is 19.3 Å². The highest BCUT2D eigenvalue weighted by atomic mass is 32.1. The predicted octanol–water partition coefficient (Wildman–Crippen LogP) is 2.19. The highest BCUT2D eigenvalue weighted by molar-refractivity contribution is 7.80. The molecule has 0 aliphatic heterocycles. The van der Waals surface area contributed by atoms with Crippen LogP contribution in [0, 0.1) is 0 Å². The third kappa shape index (κ3) is 1.70. The van der Waals surface area contributed by atoms with Gasteiger partial charge in [0.1, 0.15) is 5.52 Å². The third-order valence-corrected chi connectivity index (χ3v) is 2.24. The molecule has 1 aromatic carbocycles. The Morgan fingerprint density at radius 1 is 1.43 bits per heavy atom. The Morgan fingerprint density at radius 3 is 2.93 bits per heavy atom. The summed E-state index contributed by atoms with van der Waals surface area (Å²) in [7, 11) is 1.95. The zero-order valence-corrected chi connectivity index (χ0v) is 8.87. The van der Waals surface area contributed by atoms with Crippen molar-refractivity contribution < 1.29 is 4.42 Å². The topological polar surface area (TPSA) is 29.3 Å². The van der Waals surface area contributed by atoms with Crippen LogP contribution in [0.25, 0.3) is 11.1 Å². The van der Waals surface area contributed by atoms with Crippen LogP contribution in [0.4, 0.5) is 6.01 Å². The number of hydrogen-bond donors (Lipinski definition) is 1. The van der Waals surface area contributed by atoms with E-state index >= 15 is 0 Å². The number of anilines is 1. The lowest BCUT2D eigenvalue weighted by Gasteiger charge is -2.11. The molecule has 0 saturated carbocycles. The maximum Gasteiger partial charge on any atom is 0.298 e. The number of oxazole rings is 1. The molecule has 0 spiro atoms. The van der Waals surface area contributed by atoms with Crippen LogP contribution < -0.4 is 4.90 Å². The molecule has 1 heterocycles. The zero-order valence-electron chi connectivity index (χ0n) is 7.97. The maximum absolute atomic E-state index is 5.56. The summed E-state index contributed by atoms with van der Waals surface area (Å²) in [6, 6.07) is 8.40. The summed E-state index contributed by atoms with van der Waals surface area (Å²) in [6.45, 7) is 0.829. The summed E-state index contributed by atoms with van der Waals surface area (Å²) in [5, 5.41) is 0. The van der Waals surface area contributed by atoms with Crippen molar-refractivity contribution in [2.24, 2.45) is 0 Å². The van der Waals surface area contributed by atoms with E-state index in [1.54, 1.807) is 0 Å². The first-order chi connectivity index (χ1) is 6.81. The quantitative estimate of drug-likeness (QED) is 0.784. The Hall–Kier alpha value is -1.16. The number of para-hydroxylation sites is 2. The average Bonchev–Trinajstić information content (AvgIpc) is 2.61. The molecule has 1 aromatic heterocycles. The molecule has 0 radical (unpaired) electrons. The van der Waals surface area contributed by atoms with Gasteiger partial charge in [-0.2, -0.15) is 17.6 Å². The fourth-order valence-corrected chi connectivity index (χ4v) is 1.57. The average molecular weight is 208 g/mol. The number of hydrogen-bond acceptors (Lipinski definition) is 4. The number of aromatic nitrogens is 1. The molecule has 3 nitrogen and oxygen atoms in total. The van der Waals surface area contributed by atoms with Gasteiger partial charge >= 0.3 is 0 Å². The van der Waals surface area contributed by atoms with Crippen molar-refractivity contribution in [3.63, 3.8) is 0 Å². The van der Waals surface area contributed by atoms with Gasteiger partial charge < -0.3 is 9.32 Å². The minimum atomic E-state index is 0.653. The summed E-state index contributed by atoms with van der Waals surface area (Å²) < 4.78 is 5.56. The molecule has 0 saturated heterocycles. The van der Waals surface area contributed by atoms with Crippen LogP contribution in [0.1, 0.15) is 0 Å². The minimum absolute atomic E-state index is 0.653. The second-order valence-corrected chi connectivity index (χ2v) is 3.56. The lowest BCUT2D eigenvalue weighted by atomic mass is 10.3. The molecule has 2 rings (SSSR count). The second-order valence-electron chi connectivity index (χ2n) is 3.11. The van der Waals surface area contributed by atoms with Gasteiger partial charge in [-0.1, -0.05) is 12.1 Å². The first-order valence-electron chi connectivity index (χ1n) is 4.49. The molecule has 4 heteroatoms. The standard InChI is InChI=1S/C10H12N2OS/c1-12(6-7-14)10-11-8-4-2-3-5-9(8)13-10/h2-5,14H,6-7H2,1H3. The van der Waals surface area contributed by atoms with Crippen LogP contribution in [0.5, 0.6) is 0 Å². The Balaban J connectivity index is 2.35. The third-order valence-electron chi connectivity index (χ3n) is 2.04. The van der Waals surface area contributed by atoms with Crippen LogP contribution in [0.2, 0.25) is 0 Å². The van der Waals surface area contributed by atoms with E-state index in [1.165, 1.54) is 0 Å². The Labute approximate surface area is 88.1 Å². The van der Waals surface area contributed by atoms with Crippen molar-refractivity contribution in [3.8, 4) is 0 Å². The van der Waals surface area contributed by atoms with E-state index in [2.05, 4.69) is 17.6 Å². The number of thiol groups is 1. The Kier molecular flexibility index (Phi) is 2.63. The van der Waals surface area contributed by atoms with Gasteiger partial charge in [0.25, 0.3) is 6.01 Å². The van der Waals surface area contributed by atoms with E-state index in [1.807, 2.05) is 36.2 Å². The second kappa shape index (κ2) is 3.92. The van der Waals surface area contributed by atoms with Gasteiger partial charge in [-0.3, -0.25) is 0 Å². The van der Waals surface area contributed by atoms with Gasteiger partial charge in [0.05, 0.1) is 0 Å². The molecule has 0 aliphatic carbocycles. The number of rotatable bonds is 3. The fraction of sp³-hybridized carbons (Fsp3) is 0.300. The molecule has 0 N–H and O–H groups in total. The van der Waals surface area contributed by atoms with Gasteiger partial charge in [0.15, 0.2) is 5.58 Å². The van der Waals surface area contributed by atoms with E-state index in [4.69, 9.17) is 4.42 Å². The first kappa shape index (κ1) is 9.40. The maximum atomic E-state index is 5.56. The summed E-state index contributed by atoms with van der Waals surface area (Å²) in [6.07, 6.45) is 0. The Bertz CT molecular complexity index is 394. The molecule has 0 fully saturated rings. The van der Waals surface area contributed by atoms with E-state index in [0.717, 1.165) is 23.4 Å². The zero-order chi connectivity index (χ0) is 9.97. The highest BCUT2D eigenvalue weighted by Crippen LogP contribution is 2.20. The number of fused-ring (bicyclic) bond motifs is 1. The fourth-order valence-electron chi connectivity index (χ4n) is 1.27. The molecule has 74 valence electrons. The largest absolute Gasteiger partial charge is 0.423 e. The van der Waals surface area contributed by atoms with E-state index < -0.39 is 0 Å². The van der Waals surface area contributed by atoms with Crippen LogP contribution in [-0.4, -0.2) is 24.3 Å². The summed E-state index contributed by atoms with van der Waals surface area (Å²) in [4.78, 5) is 6.31. The van der Waals surface area contributed by atoms with E-state index in [9.17, 15) is 0 Å². The molecule has 0 unspecified atom stereocenters. The molecular weight excluding hydrogens is 196 g/mol. The van der Waals surface area contributed by atoms with Gasteiger partial charge in [-0.25, -0.2) is 0 Å². The SMILES string of the molecule is CN(CCS)c1nc2ccccc2o1. The van der Waals surface area contributed by atoms with Crippen LogP contribution in [0.3, 0.4) is 0 Å². The normalized spacial score (nSPS) is 10.7. The lowest BCUT2D eigenvalue weighted by molar-refractivity contribution is 0.588. The van der Waals surface area contributed by atoms with Crippen molar-refractivity contribution in [1.82, 2.24) is 4.98 Å². The van der Waals surface area contributed by atoms with Crippen LogP contribution in [0.15, 0.2) is 28.7 Å². The monoisotopic (exact) mass is 208 g/mol. The number of nitrogens with zero attached hydrogens (tertiary/aromatic N) is 2. The summed E-state index contributed by atoms with van der Waals surface area (Å²) in [5.41, 5.74) is 1.72. The van der Waals surface area contributed by atoms with Crippen molar-refractivity contribution in [3.05, 3.63) is 24.3 Å². The number of benzene rings is 1.